The molecule has 2 unspecified atom stereocenters. The number of esters is 2. The lowest BCUT2D eigenvalue weighted by atomic mass is 9.98. The van der Waals surface area contributed by atoms with Crippen LogP contribution in [-0.2, 0) is 35.0 Å². The number of carbonyl (C=O) groups is 2. The molecule has 2 atom stereocenters. The van der Waals surface area contributed by atoms with Gasteiger partial charge in [-0.25, -0.2) is 0 Å². The zero-order valence-electron chi connectivity index (χ0n) is 31.4. The fourth-order valence-corrected chi connectivity index (χ4v) is 6.13. The van der Waals surface area contributed by atoms with Crippen LogP contribution in [0, 0.1) is 0 Å². The number of benzene rings is 3. The van der Waals surface area contributed by atoms with Crippen molar-refractivity contribution in [3.63, 3.8) is 0 Å². The van der Waals surface area contributed by atoms with Crippen LogP contribution in [0.3, 0.4) is 0 Å². The van der Waals surface area contributed by atoms with E-state index in [0.29, 0.717) is 24.7 Å². The smallest absolute Gasteiger partial charge is 0.303 e. The molecule has 3 aromatic carbocycles. The SMILES string of the molecule is CCCCCCCCOCC(COc1c2ccccc2c(OCC(COCCCCCCCC)OC(C)=O)c2cc(CC)ccc12)OC(C)=O. The van der Waals surface area contributed by atoms with E-state index in [0.717, 1.165) is 59.2 Å². The van der Waals surface area contributed by atoms with Gasteiger partial charge in [0.25, 0.3) is 0 Å². The number of unbranched alkanes of at least 4 members (excludes halogenated alkanes) is 10. The summed E-state index contributed by atoms with van der Waals surface area (Å²) >= 11 is 0. The minimum Gasteiger partial charge on any atom is -0.488 e. The van der Waals surface area contributed by atoms with Crippen LogP contribution in [0.5, 0.6) is 11.5 Å². The van der Waals surface area contributed by atoms with Crippen LogP contribution in [0.15, 0.2) is 42.5 Å². The highest BCUT2D eigenvalue weighted by Crippen LogP contribution is 2.43. The Morgan fingerprint density at radius 2 is 0.980 bits per heavy atom. The summed E-state index contributed by atoms with van der Waals surface area (Å²) in [6.07, 6.45) is 13.9. The van der Waals surface area contributed by atoms with Crippen molar-refractivity contribution in [2.24, 2.45) is 0 Å². The first-order chi connectivity index (χ1) is 24.4. The average Bonchev–Trinajstić information content (AvgIpc) is 3.10. The van der Waals surface area contributed by atoms with Gasteiger partial charge in [-0.3, -0.25) is 9.59 Å². The third kappa shape index (κ3) is 14.5. The number of hydrogen-bond acceptors (Lipinski definition) is 8. The maximum atomic E-state index is 12.0. The van der Waals surface area contributed by atoms with Crippen molar-refractivity contribution in [1.29, 1.82) is 0 Å². The van der Waals surface area contributed by atoms with Crippen molar-refractivity contribution in [3.8, 4) is 11.5 Å². The van der Waals surface area contributed by atoms with Gasteiger partial charge < -0.3 is 28.4 Å². The summed E-state index contributed by atoms with van der Waals surface area (Å²) in [5.41, 5.74) is 1.16. The molecule has 3 rings (SSSR count). The maximum absolute atomic E-state index is 12.0. The molecule has 278 valence electrons. The molecule has 3 aromatic rings. The van der Waals surface area contributed by atoms with Gasteiger partial charge in [-0.05, 0) is 30.9 Å². The van der Waals surface area contributed by atoms with Crippen LogP contribution < -0.4 is 9.47 Å². The molecule has 0 aliphatic carbocycles. The monoisotopic (exact) mass is 694 g/mol. The third-order valence-electron chi connectivity index (χ3n) is 8.78. The molecular weight excluding hydrogens is 632 g/mol. The summed E-state index contributed by atoms with van der Waals surface area (Å²) in [7, 11) is 0. The Hall–Kier alpha value is -3.36. The summed E-state index contributed by atoms with van der Waals surface area (Å²) in [6, 6.07) is 14.2. The lowest BCUT2D eigenvalue weighted by molar-refractivity contribution is -0.152. The normalized spacial score (nSPS) is 12.6. The van der Waals surface area contributed by atoms with Crippen molar-refractivity contribution in [2.45, 2.75) is 130 Å². The second-order valence-corrected chi connectivity index (χ2v) is 13.2. The highest BCUT2D eigenvalue weighted by molar-refractivity contribution is 6.11. The number of aryl methyl sites for hydroxylation is 1. The third-order valence-corrected chi connectivity index (χ3v) is 8.78. The van der Waals surface area contributed by atoms with E-state index < -0.39 is 12.2 Å². The van der Waals surface area contributed by atoms with Crippen LogP contribution >= 0.6 is 0 Å². The highest BCUT2D eigenvalue weighted by Gasteiger charge is 2.21. The molecule has 8 nitrogen and oxygen atoms in total. The van der Waals surface area contributed by atoms with Gasteiger partial charge >= 0.3 is 11.9 Å². The van der Waals surface area contributed by atoms with Crippen molar-refractivity contribution < 1.29 is 38.0 Å². The number of hydrogen-bond donors (Lipinski definition) is 0. The van der Waals surface area contributed by atoms with E-state index in [9.17, 15) is 9.59 Å². The quantitative estimate of drug-likeness (QED) is 0.0443. The van der Waals surface area contributed by atoms with E-state index in [1.807, 2.05) is 24.3 Å². The first-order valence-electron chi connectivity index (χ1n) is 19.1. The number of rotatable bonds is 27. The Morgan fingerprint density at radius 3 is 1.44 bits per heavy atom. The molecule has 0 saturated carbocycles. The van der Waals surface area contributed by atoms with Gasteiger partial charge in [0.1, 0.15) is 24.7 Å². The Labute approximate surface area is 300 Å². The zero-order chi connectivity index (χ0) is 36.0. The molecule has 0 radical (unpaired) electrons. The minimum atomic E-state index is -0.549. The van der Waals surface area contributed by atoms with Gasteiger partial charge in [0.05, 0.1) is 13.2 Å². The lowest BCUT2D eigenvalue weighted by Crippen LogP contribution is -2.29. The van der Waals surface area contributed by atoms with Crippen LogP contribution in [0.2, 0.25) is 0 Å². The summed E-state index contributed by atoms with van der Waals surface area (Å²) < 4.78 is 36.2. The first kappa shape index (κ1) is 41.1. The topological polar surface area (TPSA) is 89.5 Å². The molecule has 0 amide bonds. The first-order valence-corrected chi connectivity index (χ1v) is 19.1. The molecule has 0 saturated heterocycles. The Morgan fingerprint density at radius 1 is 0.540 bits per heavy atom. The summed E-state index contributed by atoms with van der Waals surface area (Å²) in [5, 5.41) is 3.53. The summed E-state index contributed by atoms with van der Waals surface area (Å²) in [5.74, 6) is 0.653. The largest absolute Gasteiger partial charge is 0.488 e. The summed E-state index contributed by atoms with van der Waals surface area (Å²) in [4.78, 5) is 24.0. The van der Waals surface area contributed by atoms with Gasteiger partial charge in [-0.2, -0.15) is 0 Å². The van der Waals surface area contributed by atoms with Crippen LogP contribution in [0.4, 0.5) is 0 Å². The van der Waals surface area contributed by atoms with Gasteiger partial charge in [-0.1, -0.05) is 121 Å². The van der Waals surface area contributed by atoms with Crippen LogP contribution in [-0.4, -0.2) is 63.8 Å². The Kier molecular flexibility index (Phi) is 19.7. The molecule has 0 aromatic heterocycles. The fourth-order valence-electron chi connectivity index (χ4n) is 6.13. The van der Waals surface area contributed by atoms with Crippen molar-refractivity contribution in [3.05, 3.63) is 48.0 Å². The van der Waals surface area contributed by atoms with Gasteiger partial charge in [0, 0.05) is 48.6 Å². The minimum absolute atomic E-state index is 0.148. The van der Waals surface area contributed by atoms with Crippen LogP contribution in [0.25, 0.3) is 21.5 Å². The number of carbonyl (C=O) groups excluding carboxylic acids is 2. The van der Waals surface area contributed by atoms with E-state index in [1.165, 1.54) is 65.2 Å². The molecule has 0 N–H and O–H groups in total. The van der Waals surface area contributed by atoms with Crippen LogP contribution in [0.1, 0.15) is 117 Å². The highest BCUT2D eigenvalue weighted by atomic mass is 16.6. The van der Waals surface area contributed by atoms with Gasteiger partial charge in [0.2, 0.25) is 0 Å². The molecule has 0 bridgehead atoms. The predicted octanol–water partition coefficient (Wildman–Crippen LogP) is 9.93. The van der Waals surface area contributed by atoms with Gasteiger partial charge in [-0.15, -0.1) is 0 Å². The zero-order valence-corrected chi connectivity index (χ0v) is 31.4. The molecule has 0 aliphatic rings. The standard InChI is InChI=1S/C42H62O8/c1-6-9-11-13-15-19-25-45-28-35(49-32(4)43)30-47-41-37-21-17-18-22-38(37)42(40-27-34(8-3)23-24-39(40)41)48-31-36(50-33(5)44)29-46-26-20-16-14-12-10-7-2/h17-18,21-24,27,35-36H,6-16,19-20,25-26,28-31H2,1-5H3. The van der Waals surface area contributed by atoms with Crippen molar-refractivity contribution >= 4 is 33.5 Å². The Bertz CT molecular complexity index is 1420. The number of ether oxygens (including phenoxy) is 6. The molecule has 0 aliphatic heterocycles. The lowest BCUT2D eigenvalue weighted by Gasteiger charge is -2.23. The van der Waals surface area contributed by atoms with E-state index >= 15 is 0 Å². The van der Waals surface area contributed by atoms with Crippen molar-refractivity contribution in [1.82, 2.24) is 0 Å². The second-order valence-electron chi connectivity index (χ2n) is 13.2. The Balaban J connectivity index is 1.78. The molecule has 8 heteroatoms. The molecule has 0 heterocycles. The molecule has 0 fully saturated rings. The molecular formula is C42H62O8. The average molecular weight is 695 g/mol. The van der Waals surface area contributed by atoms with Gasteiger partial charge in [0.15, 0.2) is 12.2 Å². The maximum Gasteiger partial charge on any atom is 0.303 e. The fraction of sp³-hybridized carbons (Fsp3) is 0.619. The second kappa shape index (κ2) is 23.9. The van der Waals surface area contributed by atoms with E-state index in [-0.39, 0.29) is 38.4 Å². The number of fused-ring (bicyclic) bond motifs is 2. The molecule has 50 heavy (non-hydrogen) atoms. The van der Waals surface area contributed by atoms with Crippen molar-refractivity contribution in [2.75, 3.05) is 39.6 Å². The van der Waals surface area contributed by atoms with E-state index in [2.05, 4.69) is 39.0 Å². The van der Waals surface area contributed by atoms with E-state index in [1.54, 1.807) is 0 Å². The van der Waals surface area contributed by atoms with E-state index in [4.69, 9.17) is 28.4 Å². The predicted molar refractivity (Wildman–Crippen MR) is 201 cm³/mol. The summed E-state index contributed by atoms with van der Waals surface area (Å²) in [6.45, 7) is 11.5. The molecule has 0 spiro atoms.